The van der Waals surface area contributed by atoms with Crippen LogP contribution in [0.1, 0.15) is 0 Å². The molecule has 1 aromatic carbocycles. The van der Waals surface area contributed by atoms with Crippen LogP contribution in [0.25, 0.3) is 0 Å². The first-order valence-corrected chi connectivity index (χ1v) is 10.9. The fourth-order valence-electron chi connectivity index (χ4n) is 1.94. The minimum absolute atomic E-state index is 0.692. The molecular weight excluding hydrogens is 342 g/mol. The van der Waals surface area contributed by atoms with Crippen LogP contribution < -0.4 is 17.2 Å². The van der Waals surface area contributed by atoms with E-state index in [0.717, 1.165) is 18.8 Å². The summed E-state index contributed by atoms with van der Waals surface area (Å²) in [5.41, 5.74) is 14.6. The Labute approximate surface area is 122 Å². The molecule has 0 amide bonds. The molecule has 120 valence electrons. The van der Waals surface area contributed by atoms with Gasteiger partial charge < -0.3 is 17.2 Å². The second kappa shape index (κ2) is 4.74. The lowest BCUT2D eigenvalue weighted by molar-refractivity contribution is 0.600. The molecule has 0 aromatic heterocycles. The molecule has 6 N–H and O–H groups in total. The van der Waals surface area contributed by atoms with Gasteiger partial charge in [-0.3, -0.25) is 0 Å². The van der Waals surface area contributed by atoms with Crippen LogP contribution in [0.15, 0.2) is 14.7 Å². The van der Waals surface area contributed by atoms with Crippen molar-refractivity contribution in [2.75, 3.05) is 36.0 Å². The minimum Gasteiger partial charge on any atom is -0.396 e. The Morgan fingerprint density at radius 3 is 0.762 bits per heavy atom. The van der Waals surface area contributed by atoms with Gasteiger partial charge >= 0.3 is 0 Å². The molecule has 0 fully saturated rings. The molecule has 0 radical (unpaired) electrons. The highest BCUT2D eigenvalue weighted by Gasteiger charge is 2.32. The van der Waals surface area contributed by atoms with Crippen molar-refractivity contribution >= 4 is 46.6 Å². The number of hydrogen-bond donors (Lipinski definition) is 3. The van der Waals surface area contributed by atoms with Crippen molar-refractivity contribution in [3.8, 4) is 0 Å². The van der Waals surface area contributed by atoms with Gasteiger partial charge in [0, 0.05) is 18.8 Å². The Morgan fingerprint density at radius 2 is 0.667 bits per heavy atom. The maximum absolute atomic E-state index is 11.8. The van der Waals surface area contributed by atoms with Crippen LogP contribution >= 0.6 is 0 Å². The summed E-state index contributed by atoms with van der Waals surface area (Å²) in [6, 6.07) is 0. The minimum atomic E-state index is -4.08. The molecule has 0 atom stereocenters. The molecule has 0 saturated carbocycles. The summed E-state index contributed by atoms with van der Waals surface area (Å²) in [6.45, 7) is 0. The van der Waals surface area contributed by atoms with Gasteiger partial charge in [-0.1, -0.05) is 0 Å². The summed E-state index contributed by atoms with van der Waals surface area (Å²) in [7, 11) is -12.2. The number of nitrogen functional groups attached to an aromatic ring is 3. The van der Waals surface area contributed by atoms with Crippen LogP contribution in [0, 0.1) is 0 Å². The van der Waals surface area contributed by atoms with Gasteiger partial charge in [0.2, 0.25) is 0 Å². The molecule has 0 spiro atoms. The molecule has 1 rings (SSSR count). The molecule has 0 aliphatic carbocycles. The molecular formula is C9H15N3O6S3. The third-order valence-corrected chi connectivity index (χ3v) is 6.12. The highest BCUT2D eigenvalue weighted by Crippen LogP contribution is 2.42. The van der Waals surface area contributed by atoms with Crippen molar-refractivity contribution in [2.24, 2.45) is 0 Å². The molecule has 0 saturated heterocycles. The highest BCUT2D eigenvalue weighted by molar-refractivity contribution is 7.93. The van der Waals surface area contributed by atoms with Crippen molar-refractivity contribution in [2.45, 2.75) is 14.7 Å². The summed E-state index contributed by atoms with van der Waals surface area (Å²) in [5, 5.41) is 0. The maximum atomic E-state index is 11.8. The van der Waals surface area contributed by atoms with Crippen molar-refractivity contribution in [3.05, 3.63) is 0 Å². The molecule has 0 heterocycles. The fourth-order valence-corrected chi connectivity index (χ4v) is 5.15. The molecule has 0 aliphatic heterocycles. The zero-order valence-corrected chi connectivity index (χ0v) is 13.9. The highest BCUT2D eigenvalue weighted by atomic mass is 32.2. The number of benzene rings is 1. The Balaban J connectivity index is 4.36. The van der Waals surface area contributed by atoms with Gasteiger partial charge in [0.25, 0.3) is 0 Å². The first-order valence-electron chi connectivity index (χ1n) is 5.20. The molecule has 1 aromatic rings. The Kier molecular flexibility index (Phi) is 3.96. The first kappa shape index (κ1) is 17.5. The summed E-state index contributed by atoms with van der Waals surface area (Å²) < 4.78 is 70.5. The van der Waals surface area contributed by atoms with Crippen LogP contribution in [0.4, 0.5) is 17.1 Å². The largest absolute Gasteiger partial charge is 0.396 e. The Bertz CT molecular complexity index is 785. The summed E-state index contributed by atoms with van der Waals surface area (Å²) in [5.74, 6) is 0. The number of sulfone groups is 3. The second-order valence-corrected chi connectivity index (χ2v) is 10.4. The smallest absolute Gasteiger partial charge is 0.179 e. The summed E-state index contributed by atoms with van der Waals surface area (Å²) in [6.07, 6.45) is 2.18. The number of nitrogens with two attached hydrogens (primary N) is 3. The van der Waals surface area contributed by atoms with E-state index in [1.807, 2.05) is 0 Å². The summed E-state index contributed by atoms with van der Waals surface area (Å²) >= 11 is 0. The first-order chi connectivity index (χ1) is 9.10. The molecule has 12 heteroatoms. The third kappa shape index (κ3) is 3.06. The van der Waals surface area contributed by atoms with Crippen LogP contribution in [0.3, 0.4) is 0 Å². The van der Waals surface area contributed by atoms with E-state index < -0.39 is 61.3 Å². The van der Waals surface area contributed by atoms with E-state index in [-0.39, 0.29) is 0 Å². The molecule has 0 aliphatic rings. The normalized spacial score (nSPS) is 13.3. The lowest BCUT2D eigenvalue weighted by atomic mass is 10.2. The predicted molar refractivity (Wildman–Crippen MR) is 79.0 cm³/mol. The van der Waals surface area contributed by atoms with Gasteiger partial charge in [-0.05, 0) is 0 Å². The van der Waals surface area contributed by atoms with Crippen molar-refractivity contribution in [1.29, 1.82) is 0 Å². The van der Waals surface area contributed by atoms with E-state index in [1.165, 1.54) is 0 Å². The van der Waals surface area contributed by atoms with E-state index in [2.05, 4.69) is 0 Å². The number of rotatable bonds is 3. The summed E-state index contributed by atoms with van der Waals surface area (Å²) in [4.78, 5) is -2.30. The van der Waals surface area contributed by atoms with Crippen molar-refractivity contribution in [3.63, 3.8) is 0 Å². The van der Waals surface area contributed by atoms with Crippen LogP contribution in [-0.2, 0) is 29.5 Å². The van der Waals surface area contributed by atoms with Crippen molar-refractivity contribution in [1.82, 2.24) is 0 Å². The molecule has 0 unspecified atom stereocenters. The zero-order valence-electron chi connectivity index (χ0n) is 11.4. The van der Waals surface area contributed by atoms with E-state index >= 15 is 0 Å². The van der Waals surface area contributed by atoms with Gasteiger partial charge in [0.15, 0.2) is 29.5 Å². The Hall–Kier alpha value is -1.53. The molecule has 0 bridgehead atoms. The van der Waals surface area contributed by atoms with E-state index in [9.17, 15) is 25.3 Å². The fraction of sp³-hybridized carbons (Fsp3) is 0.333. The zero-order chi connectivity index (χ0) is 17.0. The quantitative estimate of drug-likeness (QED) is 0.550. The number of anilines is 3. The average molecular weight is 357 g/mol. The van der Waals surface area contributed by atoms with Crippen LogP contribution in [0.2, 0.25) is 0 Å². The number of hydrogen-bond acceptors (Lipinski definition) is 9. The van der Waals surface area contributed by atoms with Gasteiger partial charge in [0.05, 0.1) is 17.1 Å². The monoisotopic (exact) mass is 357 g/mol. The lowest BCUT2D eigenvalue weighted by Crippen LogP contribution is -2.18. The Morgan fingerprint density at radius 1 is 0.524 bits per heavy atom. The molecule has 9 nitrogen and oxygen atoms in total. The maximum Gasteiger partial charge on any atom is 0.179 e. The van der Waals surface area contributed by atoms with Gasteiger partial charge in [-0.2, -0.15) is 0 Å². The topological polar surface area (TPSA) is 180 Å². The van der Waals surface area contributed by atoms with E-state index in [0.29, 0.717) is 0 Å². The van der Waals surface area contributed by atoms with Gasteiger partial charge in [-0.25, -0.2) is 25.3 Å². The van der Waals surface area contributed by atoms with Crippen molar-refractivity contribution < 1.29 is 25.3 Å². The van der Waals surface area contributed by atoms with Crippen LogP contribution in [0.5, 0.6) is 0 Å². The third-order valence-electron chi connectivity index (χ3n) is 2.58. The average Bonchev–Trinajstić information content (AvgIpc) is 2.07. The standard InChI is InChI=1S/C9H15N3O6S3/c1-19(13,14)7-4(10)8(20(2,15)16)6(12)9(5(7)11)21(3,17)18/h10-12H2,1-3H3. The van der Waals surface area contributed by atoms with Gasteiger partial charge in [-0.15, -0.1) is 0 Å². The molecule has 21 heavy (non-hydrogen) atoms. The SMILES string of the molecule is CS(=O)(=O)c1c(N)c(S(C)(=O)=O)c(N)c(S(C)(=O)=O)c1N. The second-order valence-electron chi connectivity index (χ2n) is 4.54. The lowest BCUT2D eigenvalue weighted by Gasteiger charge is -2.18. The van der Waals surface area contributed by atoms with Crippen LogP contribution in [-0.4, -0.2) is 44.0 Å². The van der Waals surface area contributed by atoms with Gasteiger partial charge in [0.1, 0.15) is 14.7 Å². The van der Waals surface area contributed by atoms with E-state index in [4.69, 9.17) is 17.2 Å². The predicted octanol–water partition coefficient (Wildman–Crippen LogP) is -1.36. The van der Waals surface area contributed by atoms with E-state index in [1.54, 1.807) is 0 Å².